The number of halogens is 1. The number of nitrogens with one attached hydrogen (secondary N) is 1. The van der Waals surface area contributed by atoms with Crippen LogP contribution >= 0.6 is 11.6 Å². The lowest BCUT2D eigenvalue weighted by Crippen LogP contribution is -2.33. The highest BCUT2D eigenvalue weighted by Crippen LogP contribution is 2.38. The topological polar surface area (TPSA) is 77.9 Å². The molecule has 4 aromatic rings. The number of nitrogens with zero attached hydrogens (tertiary/aromatic N) is 4. The highest BCUT2D eigenvalue weighted by molar-refractivity contribution is 6.31. The highest BCUT2D eigenvalue weighted by atomic mass is 35.5. The van der Waals surface area contributed by atoms with Gasteiger partial charge in [-0.25, -0.2) is 0 Å². The fourth-order valence-corrected chi connectivity index (χ4v) is 4.69. The van der Waals surface area contributed by atoms with Crippen LogP contribution in [0.15, 0.2) is 84.0 Å². The van der Waals surface area contributed by atoms with E-state index >= 15 is 0 Å². The fourth-order valence-electron chi connectivity index (χ4n) is 4.52. The monoisotopic (exact) mass is 525 g/mol. The van der Waals surface area contributed by atoms with Crippen molar-refractivity contribution < 1.29 is 9.59 Å². The number of benzene rings is 3. The number of hydrogen-bond donors (Lipinski definition) is 1. The van der Waals surface area contributed by atoms with Crippen LogP contribution < -0.4 is 5.32 Å². The molecular weight excluding hydrogens is 498 g/mol. The zero-order valence-electron chi connectivity index (χ0n) is 21.5. The number of likely N-dealkylation sites (N-methyl/N-ethyl adjacent to an activating group) is 2. The van der Waals surface area contributed by atoms with E-state index in [4.69, 9.17) is 16.6 Å². The Morgan fingerprint density at radius 1 is 0.974 bits per heavy atom. The summed E-state index contributed by atoms with van der Waals surface area (Å²) in [5, 5.41) is 4.49. The van der Waals surface area contributed by atoms with Gasteiger partial charge in [0.05, 0.1) is 16.9 Å². The van der Waals surface area contributed by atoms with E-state index in [0.717, 1.165) is 28.6 Å². The van der Waals surface area contributed by atoms with Crippen LogP contribution in [0.3, 0.4) is 0 Å². The first-order chi connectivity index (χ1) is 18.3. The summed E-state index contributed by atoms with van der Waals surface area (Å²) >= 11 is 6.19. The summed E-state index contributed by atoms with van der Waals surface area (Å²) in [5.41, 5.74) is 4.92. The summed E-state index contributed by atoms with van der Waals surface area (Å²) in [7, 11) is 5.75. The van der Waals surface area contributed by atoms with Crippen molar-refractivity contribution in [2.75, 3.05) is 39.5 Å². The summed E-state index contributed by atoms with van der Waals surface area (Å²) < 4.78 is 0. The van der Waals surface area contributed by atoms with Crippen molar-refractivity contribution in [3.8, 4) is 0 Å². The molecule has 0 fully saturated rings. The quantitative estimate of drug-likeness (QED) is 0.329. The van der Waals surface area contributed by atoms with Crippen LogP contribution in [0.5, 0.6) is 0 Å². The number of carbonyl (C=O) groups excluding carboxylic acids is 2. The van der Waals surface area contributed by atoms with Gasteiger partial charge in [0, 0.05) is 48.0 Å². The van der Waals surface area contributed by atoms with Crippen molar-refractivity contribution >= 4 is 51.4 Å². The number of carbonyl (C=O) groups is 2. The maximum Gasteiger partial charge on any atom is 0.253 e. The van der Waals surface area contributed by atoms with E-state index in [1.807, 2.05) is 67.5 Å². The molecule has 1 aliphatic rings. The zero-order valence-corrected chi connectivity index (χ0v) is 22.2. The van der Waals surface area contributed by atoms with Gasteiger partial charge >= 0.3 is 0 Å². The summed E-state index contributed by atoms with van der Waals surface area (Å²) in [6.07, 6.45) is 1.74. The Morgan fingerprint density at radius 2 is 1.74 bits per heavy atom. The molecule has 1 unspecified atom stereocenters. The van der Waals surface area contributed by atoms with Crippen LogP contribution in [0.1, 0.15) is 27.4 Å². The van der Waals surface area contributed by atoms with E-state index in [1.54, 1.807) is 42.4 Å². The predicted octanol–water partition coefficient (Wildman–Crippen LogP) is 5.38. The normalized spacial score (nSPS) is 15.0. The van der Waals surface area contributed by atoms with Crippen molar-refractivity contribution in [2.45, 2.75) is 5.92 Å². The molecule has 1 atom stereocenters. The number of anilines is 1. The van der Waals surface area contributed by atoms with E-state index in [2.05, 4.69) is 10.3 Å². The van der Waals surface area contributed by atoms with Gasteiger partial charge in [-0.05, 0) is 73.8 Å². The summed E-state index contributed by atoms with van der Waals surface area (Å²) in [6.45, 7) is 1.41. The van der Waals surface area contributed by atoms with Gasteiger partial charge < -0.3 is 15.1 Å². The van der Waals surface area contributed by atoms with E-state index < -0.39 is 5.92 Å². The van der Waals surface area contributed by atoms with Gasteiger partial charge in [0.15, 0.2) is 0 Å². The molecule has 0 spiro atoms. The van der Waals surface area contributed by atoms with Crippen LogP contribution in [-0.2, 0) is 4.79 Å². The van der Waals surface area contributed by atoms with Gasteiger partial charge in [0.2, 0.25) is 5.91 Å². The first-order valence-corrected chi connectivity index (χ1v) is 12.7. The Kier molecular flexibility index (Phi) is 7.22. The molecule has 1 N–H and O–H groups in total. The Balaban J connectivity index is 1.54. The molecule has 7 nitrogen and oxygen atoms in total. The zero-order chi connectivity index (χ0) is 26.8. The molecule has 0 radical (unpaired) electrons. The Morgan fingerprint density at radius 3 is 2.50 bits per heavy atom. The van der Waals surface area contributed by atoms with Crippen LogP contribution in [0, 0.1) is 0 Å². The third-order valence-corrected chi connectivity index (χ3v) is 6.85. The highest BCUT2D eigenvalue weighted by Gasteiger charge is 2.35. The lowest BCUT2D eigenvalue weighted by Gasteiger charge is -2.19. The van der Waals surface area contributed by atoms with Crippen molar-refractivity contribution in [3.05, 3.63) is 101 Å². The summed E-state index contributed by atoms with van der Waals surface area (Å²) in [6, 6.07) is 22.3. The number of aromatic nitrogens is 1. The van der Waals surface area contributed by atoms with Crippen LogP contribution in [0.2, 0.25) is 5.02 Å². The molecule has 0 saturated carbocycles. The largest absolute Gasteiger partial charge is 0.340 e. The predicted molar refractivity (Wildman–Crippen MR) is 153 cm³/mol. The van der Waals surface area contributed by atoms with Crippen LogP contribution in [0.25, 0.3) is 10.9 Å². The first-order valence-electron chi connectivity index (χ1n) is 12.3. The molecule has 2 amide bonds. The van der Waals surface area contributed by atoms with Gasteiger partial charge in [-0.2, -0.15) is 0 Å². The molecule has 5 rings (SSSR count). The Hall–Kier alpha value is -4.07. The molecule has 0 saturated heterocycles. The van der Waals surface area contributed by atoms with Crippen LogP contribution in [-0.4, -0.2) is 66.5 Å². The molecule has 2 heterocycles. The fraction of sp³-hybridized carbons (Fsp3) is 0.200. The Labute approximate surface area is 226 Å². The smallest absolute Gasteiger partial charge is 0.253 e. The van der Waals surface area contributed by atoms with Gasteiger partial charge in [0.1, 0.15) is 5.92 Å². The molecule has 1 aromatic heterocycles. The summed E-state index contributed by atoms with van der Waals surface area (Å²) in [5.74, 6) is -0.845. The van der Waals surface area contributed by atoms with Gasteiger partial charge in [-0.15, -0.1) is 0 Å². The van der Waals surface area contributed by atoms with Crippen molar-refractivity contribution in [3.63, 3.8) is 0 Å². The minimum Gasteiger partial charge on any atom is -0.340 e. The third kappa shape index (κ3) is 5.30. The van der Waals surface area contributed by atoms with Crippen molar-refractivity contribution in [2.24, 2.45) is 4.99 Å². The molecular formula is C30H28ClN5O2. The van der Waals surface area contributed by atoms with Gasteiger partial charge in [-0.3, -0.25) is 19.6 Å². The molecule has 8 heteroatoms. The van der Waals surface area contributed by atoms with E-state index in [1.165, 1.54) is 0 Å². The standard InChI is InChI=1S/C30H28ClN5O2/c1-35(2)15-16-36(3)30(38)20-8-11-23(12-9-20)33-28(21-7-6-19-5-4-14-32-25(19)17-21)27-24-13-10-22(31)18-26(24)34-29(27)37/h4-14,17-18,27H,15-16H2,1-3H3,(H,34,37). The van der Waals surface area contributed by atoms with Crippen molar-refractivity contribution in [1.82, 2.24) is 14.8 Å². The third-order valence-electron chi connectivity index (χ3n) is 6.61. The van der Waals surface area contributed by atoms with E-state index in [9.17, 15) is 9.59 Å². The minimum absolute atomic E-state index is 0.0517. The Bertz CT molecular complexity index is 1550. The first kappa shape index (κ1) is 25.6. The van der Waals surface area contributed by atoms with Crippen molar-refractivity contribution in [1.29, 1.82) is 0 Å². The van der Waals surface area contributed by atoms with E-state index in [0.29, 0.717) is 34.2 Å². The molecule has 1 aliphatic heterocycles. The lowest BCUT2D eigenvalue weighted by atomic mass is 9.90. The maximum absolute atomic E-state index is 13.2. The average molecular weight is 526 g/mol. The second-order valence-electron chi connectivity index (χ2n) is 9.64. The minimum atomic E-state index is -0.623. The maximum atomic E-state index is 13.2. The number of amides is 2. The molecule has 38 heavy (non-hydrogen) atoms. The SMILES string of the molecule is CN(C)CCN(C)C(=O)c1ccc(N=C(c2ccc3cccnc3c2)C2C(=O)Nc3cc(Cl)ccc32)cc1. The van der Waals surface area contributed by atoms with E-state index in [-0.39, 0.29) is 11.8 Å². The number of fused-ring (bicyclic) bond motifs is 2. The molecule has 3 aromatic carbocycles. The van der Waals surface area contributed by atoms with Gasteiger partial charge in [-0.1, -0.05) is 35.9 Å². The number of hydrogen-bond acceptors (Lipinski definition) is 5. The second kappa shape index (κ2) is 10.7. The average Bonchev–Trinajstić information content (AvgIpc) is 3.24. The molecule has 0 aliphatic carbocycles. The van der Waals surface area contributed by atoms with Crippen LogP contribution in [0.4, 0.5) is 11.4 Å². The summed E-state index contributed by atoms with van der Waals surface area (Å²) in [4.78, 5) is 39.3. The van der Waals surface area contributed by atoms with Gasteiger partial charge in [0.25, 0.3) is 5.91 Å². The number of rotatable bonds is 7. The molecule has 192 valence electrons. The second-order valence-corrected chi connectivity index (χ2v) is 10.1. The molecule has 0 bridgehead atoms. The number of pyridine rings is 1. The number of aliphatic imine (C=N–C) groups is 1. The lowest BCUT2D eigenvalue weighted by molar-refractivity contribution is -0.115.